The summed E-state index contributed by atoms with van der Waals surface area (Å²) in [4.78, 5) is 11.2. The van der Waals surface area contributed by atoms with Gasteiger partial charge in [-0.1, -0.05) is 44.2 Å². The number of nitrogens with two attached hydrogens (primary N) is 1. The van der Waals surface area contributed by atoms with Crippen molar-refractivity contribution in [2.75, 3.05) is 0 Å². The Morgan fingerprint density at radius 3 is 2.17 bits per heavy atom. The Kier molecular flexibility index (Phi) is 7.19. The summed E-state index contributed by atoms with van der Waals surface area (Å²) in [5, 5.41) is 5.06. The van der Waals surface area contributed by atoms with Crippen LogP contribution in [0.25, 0.3) is 0 Å². The monoisotopic (exact) mass is 434 g/mol. The molecule has 1 amide bonds. The van der Waals surface area contributed by atoms with Crippen molar-refractivity contribution in [3.63, 3.8) is 0 Å². The predicted molar refractivity (Wildman–Crippen MR) is 110 cm³/mol. The topological polar surface area (TPSA) is 123 Å². The van der Waals surface area contributed by atoms with Gasteiger partial charge in [-0.15, -0.1) is 0 Å². The molecule has 2 aromatic carbocycles. The molecule has 0 radical (unpaired) electrons. The maximum absolute atomic E-state index is 12.5. The highest BCUT2D eigenvalue weighted by Gasteiger charge is 2.26. The molecule has 0 heterocycles. The van der Waals surface area contributed by atoms with Crippen molar-refractivity contribution in [2.45, 2.75) is 36.5 Å². The zero-order valence-corrected chi connectivity index (χ0v) is 17.7. The Labute approximate surface area is 171 Å². The van der Waals surface area contributed by atoms with Crippen LogP contribution in [0, 0.1) is 17.8 Å². The van der Waals surface area contributed by atoms with Gasteiger partial charge >= 0.3 is 0 Å². The van der Waals surface area contributed by atoms with E-state index in [1.165, 1.54) is 24.3 Å². The van der Waals surface area contributed by atoms with Gasteiger partial charge in [-0.05, 0) is 42.8 Å². The number of carbonyl (C=O) groups excluding carboxylic acids is 1. The number of hydrogen-bond acceptors (Lipinski definition) is 5. The maximum Gasteiger partial charge on any atom is 0.265 e. The quantitative estimate of drug-likeness (QED) is 0.675. The van der Waals surface area contributed by atoms with E-state index in [1.807, 2.05) is 11.6 Å². The number of rotatable bonds is 6. The number of nitrogens with one attached hydrogen (secondary N) is 1. The van der Waals surface area contributed by atoms with Crippen LogP contribution in [-0.2, 0) is 20.0 Å². The second-order valence-electron chi connectivity index (χ2n) is 6.46. The third-order valence-corrected chi connectivity index (χ3v) is 6.49. The van der Waals surface area contributed by atoms with Gasteiger partial charge in [0, 0.05) is 17.0 Å². The lowest BCUT2D eigenvalue weighted by molar-refractivity contribution is 0.0981. The lowest BCUT2D eigenvalue weighted by Crippen LogP contribution is -2.32. The third-order valence-electron chi connectivity index (χ3n) is 4.00. The highest BCUT2D eigenvalue weighted by molar-refractivity contribution is 7.92. The molecule has 0 saturated heterocycles. The fraction of sp³-hybridized carbons (Fsp3) is 0.250. The van der Waals surface area contributed by atoms with Gasteiger partial charge in [0.2, 0.25) is 10.0 Å². The summed E-state index contributed by atoms with van der Waals surface area (Å²) in [7, 11) is -8.73. The van der Waals surface area contributed by atoms with Crippen molar-refractivity contribution in [2.24, 2.45) is 11.1 Å². The molecule has 0 spiro atoms. The molecule has 0 fully saturated rings. The summed E-state index contributed by atoms with van der Waals surface area (Å²) in [6.45, 7) is 4.11. The molecule has 29 heavy (non-hydrogen) atoms. The Bertz CT molecular complexity index is 1160. The molecular weight excluding hydrogens is 412 g/mol. The highest BCUT2D eigenvalue weighted by atomic mass is 32.2. The molecular formula is C20H22N2O5S2. The van der Waals surface area contributed by atoms with E-state index in [0.29, 0.717) is 5.56 Å². The summed E-state index contributed by atoms with van der Waals surface area (Å²) >= 11 is 0. The Morgan fingerprint density at radius 1 is 1.03 bits per heavy atom. The number of sulfonamides is 2. The van der Waals surface area contributed by atoms with Gasteiger partial charge in [-0.3, -0.25) is 4.79 Å². The lowest BCUT2D eigenvalue weighted by atomic mass is 10.1. The van der Waals surface area contributed by atoms with Crippen LogP contribution < -0.4 is 9.86 Å². The minimum absolute atomic E-state index is 0.0915. The SMILES string of the molecule is CCCC(C)C#Cc1ccc(C(=O)NS(=O)(=O)c2ccccc2S(N)(=O)=O)cc1. The third kappa shape index (κ3) is 6.15. The number of benzene rings is 2. The second-order valence-corrected chi connectivity index (χ2v) is 9.64. The van der Waals surface area contributed by atoms with Crippen LogP contribution in [0.1, 0.15) is 42.6 Å². The van der Waals surface area contributed by atoms with E-state index >= 15 is 0 Å². The first-order chi connectivity index (χ1) is 13.5. The smallest absolute Gasteiger partial charge is 0.265 e. The number of primary sulfonamides is 1. The summed E-state index contributed by atoms with van der Waals surface area (Å²) < 4.78 is 50.2. The molecule has 7 nitrogen and oxygen atoms in total. The molecule has 154 valence electrons. The van der Waals surface area contributed by atoms with E-state index in [2.05, 4.69) is 18.8 Å². The van der Waals surface area contributed by atoms with Gasteiger partial charge in [0.25, 0.3) is 15.9 Å². The average molecular weight is 435 g/mol. The van der Waals surface area contributed by atoms with Crippen LogP contribution in [0.4, 0.5) is 0 Å². The molecule has 1 unspecified atom stereocenters. The summed E-state index contributed by atoms with van der Waals surface area (Å²) in [5.74, 6) is 5.49. The highest BCUT2D eigenvalue weighted by Crippen LogP contribution is 2.19. The van der Waals surface area contributed by atoms with Crippen molar-refractivity contribution < 1.29 is 21.6 Å². The Balaban J connectivity index is 2.22. The lowest BCUT2D eigenvalue weighted by Gasteiger charge is -2.10. The largest absolute Gasteiger partial charge is 0.268 e. The van der Waals surface area contributed by atoms with Crippen LogP contribution in [0.5, 0.6) is 0 Å². The normalized spacial score (nSPS) is 12.5. The second kappa shape index (κ2) is 9.22. The zero-order valence-electron chi connectivity index (χ0n) is 16.0. The van der Waals surface area contributed by atoms with Gasteiger partial charge in [-0.2, -0.15) is 0 Å². The molecule has 1 atom stereocenters. The summed E-state index contributed by atoms with van der Waals surface area (Å²) in [6.07, 6.45) is 2.03. The van der Waals surface area contributed by atoms with Crippen molar-refractivity contribution in [1.29, 1.82) is 0 Å². The minimum Gasteiger partial charge on any atom is -0.268 e. The molecule has 0 aliphatic heterocycles. The van der Waals surface area contributed by atoms with Crippen LogP contribution in [-0.4, -0.2) is 22.7 Å². The van der Waals surface area contributed by atoms with E-state index in [9.17, 15) is 21.6 Å². The molecule has 0 aliphatic carbocycles. The first-order valence-corrected chi connectivity index (χ1v) is 11.9. The standard InChI is InChI=1S/C20H22N2O5S2/c1-3-6-15(2)9-10-16-11-13-17(14-12-16)20(23)22-29(26,27)19-8-5-4-7-18(19)28(21,24)25/h4-5,7-8,11-15H,3,6H2,1-2H3,(H,22,23)(H2,21,24,25). The molecule has 0 bridgehead atoms. The van der Waals surface area contributed by atoms with Crippen molar-refractivity contribution in [3.05, 3.63) is 59.7 Å². The minimum atomic E-state index is -4.45. The zero-order chi connectivity index (χ0) is 21.7. The Morgan fingerprint density at radius 2 is 1.62 bits per heavy atom. The fourth-order valence-corrected chi connectivity index (χ4v) is 4.92. The van der Waals surface area contributed by atoms with E-state index in [0.717, 1.165) is 25.0 Å². The molecule has 0 aromatic heterocycles. The average Bonchev–Trinajstić information content (AvgIpc) is 2.66. The van der Waals surface area contributed by atoms with Gasteiger partial charge in [0.1, 0.15) is 9.79 Å². The molecule has 2 aromatic rings. The van der Waals surface area contributed by atoms with Crippen LogP contribution in [0.2, 0.25) is 0 Å². The van der Waals surface area contributed by atoms with Crippen molar-refractivity contribution in [3.8, 4) is 11.8 Å². The van der Waals surface area contributed by atoms with E-state index in [4.69, 9.17) is 5.14 Å². The summed E-state index contributed by atoms with van der Waals surface area (Å²) in [6, 6.07) is 10.9. The number of amides is 1. The number of carbonyl (C=O) groups is 1. The van der Waals surface area contributed by atoms with Crippen molar-refractivity contribution in [1.82, 2.24) is 4.72 Å². The predicted octanol–water partition coefficient (Wildman–Crippen LogP) is 2.24. The molecule has 9 heteroatoms. The van der Waals surface area contributed by atoms with E-state index in [-0.39, 0.29) is 11.5 Å². The van der Waals surface area contributed by atoms with Gasteiger partial charge in [0.15, 0.2) is 0 Å². The number of hydrogen-bond donors (Lipinski definition) is 2. The molecule has 2 rings (SSSR count). The van der Waals surface area contributed by atoms with E-state index < -0.39 is 35.7 Å². The first-order valence-electron chi connectivity index (χ1n) is 8.85. The van der Waals surface area contributed by atoms with Gasteiger partial charge in [0.05, 0.1) is 0 Å². The molecule has 0 saturated carbocycles. The maximum atomic E-state index is 12.5. The fourth-order valence-electron chi connectivity index (χ4n) is 2.56. The molecule has 3 N–H and O–H groups in total. The van der Waals surface area contributed by atoms with Crippen LogP contribution in [0.3, 0.4) is 0 Å². The van der Waals surface area contributed by atoms with E-state index in [1.54, 1.807) is 12.1 Å². The Hall–Kier alpha value is -2.67. The van der Waals surface area contributed by atoms with Crippen LogP contribution in [0.15, 0.2) is 58.3 Å². The first kappa shape index (κ1) is 22.6. The molecule has 0 aliphatic rings. The summed E-state index contributed by atoms with van der Waals surface area (Å²) in [5.41, 5.74) is 0.792. The van der Waals surface area contributed by atoms with Crippen molar-refractivity contribution >= 4 is 26.0 Å². The van der Waals surface area contributed by atoms with Gasteiger partial charge < -0.3 is 0 Å². The van der Waals surface area contributed by atoms with Crippen LogP contribution >= 0.6 is 0 Å². The van der Waals surface area contributed by atoms with Gasteiger partial charge in [-0.25, -0.2) is 26.7 Å².